The molecule has 0 aromatic rings. The quantitative estimate of drug-likeness (QED) is 0.0261. The first-order valence-electron chi connectivity index (χ1n) is 34.7. The normalized spacial score (nSPS) is 13.0. The average Bonchev–Trinajstić information content (AvgIpc) is 3.49. The number of carbonyl (C=O) groups is 3. The molecule has 0 heterocycles. The molecular weight excluding hydrogens is 1020 g/mol. The lowest BCUT2D eigenvalue weighted by molar-refractivity contribution is -0.167. The molecule has 0 aliphatic rings. The monoisotopic (exact) mass is 1150 g/mol. The van der Waals surface area contributed by atoms with Crippen LogP contribution in [0.4, 0.5) is 0 Å². The van der Waals surface area contributed by atoms with Crippen LogP contribution in [0.1, 0.15) is 316 Å². The zero-order valence-electron chi connectivity index (χ0n) is 54.2. The van der Waals surface area contributed by atoms with E-state index < -0.39 is 6.10 Å². The van der Waals surface area contributed by atoms with Crippen molar-refractivity contribution >= 4 is 17.9 Å². The SMILES string of the molecule is CC/C=C\C/C=C\C/C=C\C/C=C\C/C=C\C/C=C\C/C=C\CCCCCCCCCCCCCCCC(=O)OCC(COC(=O)CCCCCCCCC)OC(=O)CCCCCCCCCCCC/C=C\C/C=C\C/C=C\C/C=C\CC. The van der Waals surface area contributed by atoms with Gasteiger partial charge in [0.1, 0.15) is 13.2 Å². The van der Waals surface area contributed by atoms with E-state index in [-0.39, 0.29) is 31.1 Å². The largest absolute Gasteiger partial charge is 0.462 e. The van der Waals surface area contributed by atoms with E-state index in [1.54, 1.807) is 0 Å². The predicted molar refractivity (Wildman–Crippen MR) is 362 cm³/mol. The summed E-state index contributed by atoms with van der Waals surface area (Å²) in [5, 5.41) is 0. The number of rotatable bonds is 62. The molecule has 6 heteroatoms. The molecular formula is C77H128O6. The van der Waals surface area contributed by atoms with Crippen molar-refractivity contribution in [3.63, 3.8) is 0 Å². The maximum absolute atomic E-state index is 12.9. The zero-order valence-corrected chi connectivity index (χ0v) is 54.2. The second-order valence-electron chi connectivity index (χ2n) is 22.7. The van der Waals surface area contributed by atoms with Crippen LogP contribution in [0, 0.1) is 0 Å². The van der Waals surface area contributed by atoms with E-state index in [1.807, 2.05) is 0 Å². The van der Waals surface area contributed by atoms with Crippen molar-refractivity contribution in [3.05, 3.63) is 134 Å². The Morgan fingerprint density at radius 1 is 0.253 bits per heavy atom. The number of esters is 3. The molecule has 0 radical (unpaired) electrons. The Morgan fingerprint density at radius 2 is 0.470 bits per heavy atom. The molecule has 0 amide bonds. The minimum atomic E-state index is -0.781. The first-order valence-corrected chi connectivity index (χ1v) is 34.7. The Hall–Kier alpha value is -4.45. The fourth-order valence-electron chi connectivity index (χ4n) is 9.53. The van der Waals surface area contributed by atoms with E-state index in [4.69, 9.17) is 14.2 Å². The maximum Gasteiger partial charge on any atom is 0.306 e. The van der Waals surface area contributed by atoms with Crippen molar-refractivity contribution in [2.24, 2.45) is 0 Å². The van der Waals surface area contributed by atoms with Crippen LogP contribution in [-0.2, 0) is 28.6 Å². The van der Waals surface area contributed by atoms with Gasteiger partial charge in [0, 0.05) is 19.3 Å². The van der Waals surface area contributed by atoms with Crippen molar-refractivity contribution in [1.29, 1.82) is 0 Å². The topological polar surface area (TPSA) is 78.9 Å². The summed E-state index contributed by atoms with van der Waals surface area (Å²) in [5.41, 5.74) is 0. The van der Waals surface area contributed by atoms with Gasteiger partial charge in [-0.25, -0.2) is 0 Å². The van der Waals surface area contributed by atoms with E-state index in [0.29, 0.717) is 19.3 Å². The van der Waals surface area contributed by atoms with Gasteiger partial charge in [-0.3, -0.25) is 14.4 Å². The number of hydrogen-bond donors (Lipinski definition) is 0. The third-order valence-corrected chi connectivity index (χ3v) is 14.7. The van der Waals surface area contributed by atoms with Gasteiger partial charge in [-0.1, -0.05) is 315 Å². The smallest absolute Gasteiger partial charge is 0.306 e. The Labute approximate surface area is 513 Å². The standard InChI is InChI=1S/C77H128O6/c1-4-7-10-13-16-18-20-22-24-26-28-30-32-33-34-35-36-37-38-39-40-41-42-43-45-46-48-50-52-54-56-58-61-64-67-70-76(79)82-73-74(72-81-75(78)69-66-63-60-15-12-9-6-3)83-77(80)71-68-65-62-59-57-55-53-51-49-47-44-31-29-27-25-23-21-19-17-14-11-8-5-2/h7-8,10-11,16-19,22-25,28-31,33-34,36-37,39-40,74H,4-6,9,12-15,20-21,26-27,32,35,38,41-73H2,1-3H3/b10-7-,11-8-,18-16-,19-17-,24-22-,25-23-,30-28-,31-29-,34-33-,37-36-,40-39-. The number of unbranched alkanes of at least 4 members (excludes halogenated alkanes) is 29. The third-order valence-electron chi connectivity index (χ3n) is 14.7. The fraction of sp³-hybridized carbons (Fsp3) is 0.675. The van der Waals surface area contributed by atoms with Gasteiger partial charge in [-0.2, -0.15) is 0 Å². The lowest BCUT2D eigenvalue weighted by Gasteiger charge is -2.18. The summed E-state index contributed by atoms with van der Waals surface area (Å²) in [6.45, 7) is 6.39. The number of hydrogen-bond acceptors (Lipinski definition) is 6. The van der Waals surface area contributed by atoms with E-state index in [1.165, 1.54) is 148 Å². The van der Waals surface area contributed by atoms with Crippen LogP contribution in [0.25, 0.3) is 0 Å². The molecule has 0 aliphatic heterocycles. The van der Waals surface area contributed by atoms with E-state index >= 15 is 0 Å². The van der Waals surface area contributed by atoms with Gasteiger partial charge in [-0.05, 0) is 116 Å². The molecule has 472 valence electrons. The van der Waals surface area contributed by atoms with Crippen LogP contribution in [0.15, 0.2) is 134 Å². The molecule has 0 saturated heterocycles. The Balaban J connectivity index is 4.08. The van der Waals surface area contributed by atoms with Crippen molar-refractivity contribution in [1.82, 2.24) is 0 Å². The Bertz CT molecular complexity index is 1750. The summed E-state index contributed by atoms with van der Waals surface area (Å²) < 4.78 is 16.9. The van der Waals surface area contributed by atoms with Crippen molar-refractivity contribution in [3.8, 4) is 0 Å². The highest BCUT2D eigenvalue weighted by molar-refractivity contribution is 5.71. The maximum atomic E-state index is 12.9. The van der Waals surface area contributed by atoms with Crippen LogP contribution in [0.3, 0.4) is 0 Å². The summed E-state index contributed by atoms with van der Waals surface area (Å²) in [4.78, 5) is 38.2. The highest BCUT2D eigenvalue weighted by Gasteiger charge is 2.19. The molecule has 0 N–H and O–H groups in total. The number of allylic oxidation sites excluding steroid dienone is 22. The van der Waals surface area contributed by atoms with Gasteiger partial charge in [0.15, 0.2) is 6.10 Å². The minimum Gasteiger partial charge on any atom is -0.462 e. The Morgan fingerprint density at radius 3 is 0.735 bits per heavy atom. The zero-order chi connectivity index (χ0) is 59.9. The van der Waals surface area contributed by atoms with E-state index in [0.717, 1.165) is 128 Å². The van der Waals surface area contributed by atoms with Gasteiger partial charge in [0.2, 0.25) is 0 Å². The van der Waals surface area contributed by atoms with Crippen LogP contribution in [0.5, 0.6) is 0 Å². The van der Waals surface area contributed by atoms with Gasteiger partial charge in [0.05, 0.1) is 0 Å². The summed E-state index contributed by atoms with van der Waals surface area (Å²) >= 11 is 0. The summed E-state index contributed by atoms with van der Waals surface area (Å²) in [7, 11) is 0. The summed E-state index contributed by atoms with van der Waals surface area (Å²) in [6.07, 6.45) is 99.3. The van der Waals surface area contributed by atoms with Gasteiger partial charge in [0.25, 0.3) is 0 Å². The van der Waals surface area contributed by atoms with Crippen LogP contribution >= 0.6 is 0 Å². The van der Waals surface area contributed by atoms with Gasteiger partial charge >= 0.3 is 17.9 Å². The molecule has 0 rings (SSSR count). The molecule has 0 fully saturated rings. The molecule has 83 heavy (non-hydrogen) atoms. The van der Waals surface area contributed by atoms with Crippen LogP contribution in [-0.4, -0.2) is 37.2 Å². The molecule has 0 bridgehead atoms. The molecule has 1 unspecified atom stereocenters. The molecule has 0 spiro atoms. The van der Waals surface area contributed by atoms with Crippen LogP contribution < -0.4 is 0 Å². The lowest BCUT2D eigenvalue weighted by atomic mass is 10.0. The number of ether oxygens (including phenoxy) is 3. The molecule has 0 aromatic heterocycles. The molecule has 0 aliphatic carbocycles. The van der Waals surface area contributed by atoms with Crippen molar-refractivity contribution in [2.75, 3.05) is 13.2 Å². The molecule has 0 saturated carbocycles. The van der Waals surface area contributed by atoms with Crippen LogP contribution in [0.2, 0.25) is 0 Å². The second-order valence-corrected chi connectivity index (χ2v) is 22.7. The molecule has 0 aromatic carbocycles. The van der Waals surface area contributed by atoms with Crippen molar-refractivity contribution < 1.29 is 28.6 Å². The highest BCUT2D eigenvalue weighted by atomic mass is 16.6. The van der Waals surface area contributed by atoms with Gasteiger partial charge in [-0.15, -0.1) is 0 Å². The predicted octanol–water partition coefficient (Wildman–Crippen LogP) is 24.1. The molecule has 1 atom stereocenters. The minimum absolute atomic E-state index is 0.0794. The lowest BCUT2D eigenvalue weighted by Crippen LogP contribution is -2.30. The Kier molecular flexibility index (Phi) is 66.3. The second kappa shape index (κ2) is 70.0. The first kappa shape index (κ1) is 78.5. The summed E-state index contributed by atoms with van der Waals surface area (Å²) in [6, 6.07) is 0. The summed E-state index contributed by atoms with van der Waals surface area (Å²) in [5.74, 6) is -0.885. The third kappa shape index (κ3) is 68.2. The van der Waals surface area contributed by atoms with Gasteiger partial charge < -0.3 is 14.2 Å². The average molecular weight is 1150 g/mol. The molecule has 6 nitrogen and oxygen atoms in total. The van der Waals surface area contributed by atoms with E-state index in [2.05, 4.69) is 154 Å². The fourth-order valence-corrected chi connectivity index (χ4v) is 9.53. The first-order chi connectivity index (χ1) is 41.0. The highest BCUT2D eigenvalue weighted by Crippen LogP contribution is 2.17. The number of carbonyl (C=O) groups excluding carboxylic acids is 3. The van der Waals surface area contributed by atoms with Crippen molar-refractivity contribution in [2.45, 2.75) is 322 Å². The van der Waals surface area contributed by atoms with E-state index in [9.17, 15) is 14.4 Å².